The van der Waals surface area contributed by atoms with E-state index in [1.807, 2.05) is 0 Å². The number of thioether (sulfide) groups is 1. The van der Waals surface area contributed by atoms with Crippen LogP contribution in [0.25, 0.3) is 0 Å². The van der Waals surface area contributed by atoms with Crippen molar-refractivity contribution < 1.29 is 27.2 Å². The number of nitrogens with zero attached hydrogens (tertiary/aromatic N) is 2. The van der Waals surface area contributed by atoms with Gasteiger partial charge in [0.25, 0.3) is 11.1 Å². The van der Waals surface area contributed by atoms with Gasteiger partial charge in [-0.2, -0.15) is 13.2 Å². The number of hydrogen-bond donors (Lipinski definition) is 2. The Morgan fingerprint density at radius 1 is 1.28 bits per heavy atom. The van der Waals surface area contributed by atoms with E-state index in [0.29, 0.717) is 0 Å². The molecule has 2 N–H and O–H groups in total. The number of halogens is 3. The molecule has 0 radical (unpaired) electrons. The van der Waals surface area contributed by atoms with E-state index < -0.39 is 17.6 Å². The molecule has 0 aliphatic carbocycles. The smallest absolute Gasteiger partial charge is 0.414 e. The fourth-order valence-corrected chi connectivity index (χ4v) is 2.31. The molecule has 0 saturated carbocycles. The molecular weight excluding hydrogens is 361 g/mol. The van der Waals surface area contributed by atoms with Crippen LogP contribution in [0.3, 0.4) is 0 Å². The van der Waals surface area contributed by atoms with E-state index in [-0.39, 0.29) is 34.9 Å². The van der Waals surface area contributed by atoms with E-state index in [2.05, 4.69) is 20.8 Å². The lowest BCUT2D eigenvalue weighted by atomic mass is 10.1. The highest BCUT2D eigenvalue weighted by atomic mass is 32.2. The molecule has 0 aliphatic heterocycles. The summed E-state index contributed by atoms with van der Waals surface area (Å²) in [4.78, 5) is 23.0. The Bertz CT molecular complexity index is 764. The van der Waals surface area contributed by atoms with E-state index in [1.165, 1.54) is 13.1 Å². The number of hydrogen-bond acceptors (Lipinski definition) is 6. The largest absolute Gasteiger partial charge is 0.416 e. The zero-order chi connectivity index (χ0) is 18.4. The minimum atomic E-state index is -4.53. The summed E-state index contributed by atoms with van der Waals surface area (Å²) in [6.07, 6.45) is -4.53. The minimum absolute atomic E-state index is 0.0692. The van der Waals surface area contributed by atoms with Gasteiger partial charge < -0.3 is 15.1 Å². The number of aromatic nitrogens is 2. The van der Waals surface area contributed by atoms with Crippen molar-refractivity contribution in [2.24, 2.45) is 0 Å². The van der Waals surface area contributed by atoms with E-state index >= 15 is 0 Å². The monoisotopic (exact) mass is 374 g/mol. The Morgan fingerprint density at radius 2 is 2.04 bits per heavy atom. The van der Waals surface area contributed by atoms with Crippen molar-refractivity contribution in [1.82, 2.24) is 20.8 Å². The van der Waals surface area contributed by atoms with Gasteiger partial charge in [-0.3, -0.25) is 9.59 Å². The highest BCUT2D eigenvalue weighted by molar-refractivity contribution is 7.99. The molecule has 0 bridgehead atoms. The molecule has 1 aromatic carbocycles. The van der Waals surface area contributed by atoms with Gasteiger partial charge in [-0.15, -0.1) is 10.2 Å². The molecule has 2 aromatic rings. The van der Waals surface area contributed by atoms with Gasteiger partial charge >= 0.3 is 6.18 Å². The second-order valence-corrected chi connectivity index (χ2v) is 5.61. The van der Waals surface area contributed by atoms with Gasteiger partial charge in [0.05, 0.1) is 17.9 Å². The van der Waals surface area contributed by atoms with Gasteiger partial charge in [0.1, 0.15) is 0 Å². The van der Waals surface area contributed by atoms with Gasteiger partial charge in [0, 0.05) is 12.6 Å². The number of alkyl halides is 3. The predicted molar refractivity (Wildman–Crippen MR) is 81.7 cm³/mol. The van der Waals surface area contributed by atoms with E-state index in [0.717, 1.165) is 30.0 Å². The highest BCUT2D eigenvalue weighted by Crippen LogP contribution is 2.29. The molecule has 2 rings (SSSR count). The second-order valence-electron chi connectivity index (χ2n) is 4.68. The molecule has 0 unspecified atom stereocenters. The zero-order valence-electron chi connectivity index (χ0n) is 12.9. The van der Waals surface area contributed by atoms with Gasteiger partial charge in [-0.25, -0.2) is 0 Å². The number of rotatable bonds is 6. The molecule has 0 saturated heterocycles. The summed E-state index contributed by atoms with van der Waals surface area (Å²) in [5.41, 5.74) is -1.05. The maximum Gasteiger partial charge on any atom is 0.416 e. The number of amides is 2. The summed E-state index contributed by atoms with van der Waals surface area (Å²) < 4.78 is 43.1. The highest BCUT2D eigenvalue weighted by Gasteiger charge is 2.30. The first-order chi connectivity index (χ1) is 11.8. The lowest BCUT2D eigenvalue weighted by molar-refractivity contribution is -0.137. The van der Waals surface area contributed by atoms with Crippen molar-refractivity contribution in [3.8, 4) is 0 Å². The molecule has 1 aromatic heterocycles. The molecule has 0 atom stereocenters. The van der Waals surface area contributed by atoms with E-state index in [4.69, 9.17) is 4.42 Å². The molecule has 7 nitrogen and oxygen atoms in total. The van der Waals surface area contributed by atoms with Crippen molar-refractivity contribution in [3.63, 3.8) is 0 Å². The third kappa shape index (κ3) is 5.48. The van der Waals surface area contributed by atoms with Gasteiger partial charge in [0.2, 0.25) is 11.8 Å². The molecule has 25 heavy (non-hydrogen) atoms. The van der Waals surface area contributed by atoms with E-state index in [9.17, 15) is 22.8 Å². The summed E-state index contributed by atoms with van der Waals surface area (Å²) in [5, 5.41) is 12.3. The molecule has 11 heteroatoms. The average Bonchev–Trinajstić information content (AvgIpc) is 3.04. The van der Waals surface area contributed by atoms with Gasteiger partial charge in [0.15, 0.2) is 0 Å². The fraction of sp³-hybridized carbons (Fsp3) is 0.286. The quantitative estimate of drug-likeness (QED) is 0.749. The number of benzene rings is 1. The number of carbonyl (C=O) groups is 2. The molecular formula is C14H13F3N4O3S. The van der Waals surface area contributed by atoms with Crippen LogP contribution in [-0.4, -0.2) is 34.8 Å². The van der Waals surface area contributed by atoms with Crippen LogP contribution >= 0.6 is 11.8 Å². The average molecular weight is 374 g/mol. The summed E-state index contributed by atoms with van der Waals surface area (Å²) in [6, 6.07) is 4.06. The topological polar surface area (TPSA) is 97.1 Å². The Kier molecular flexibility index (Phi) is 6.02. The van der Waals surface area contributed by atoms with Gasteiger partial charge in [-0.1, -0.05) is 17.8 Å². The molecule has 1 heterocycles. The minimum Gasteiger partial charge on any atom is -0.414 e. The third-order valence-electron chi connectivity index (χ3n) is 2.91. The van der Waals surface area contributed by atoms with Crippen molar-refractivity contribution >= 4 is 23.6 Å². The normalized spacial score (nSPS) is 11.2. The first-order valence-electron chi connectivity index (χ1n) is 6.91. The lowest BCUT2D eigenvalue weighted by Gasteiger charge is -2.08. The SMILES string of the molecule is CNC(=O)CSc1nnc(CNC(=O)c2cccc(C(F)(F)F)c2)o1. The van der Waals surface area contributed by atoms with Crippen molar-refractivity contribution in [1.29, 1.82) is 0 Å². The lowest BCUT2D eigenvalue weighted by Crippen LogP contribution is -2.23. The standard InChI is InChI=1S/C14H13F3N4O3S/c1-18-10(22)7-25-13-21-20-11(24-13)6-19-12(23)8-3-2-4-9(5-8)14(15,16)17/h2-5H,6-7H2,1H3,(H,18,22)(H,19,23). The van der Waals surface area contributed by atoms with Crippen LogP contribution in [0.1, 0.15) is 21.8 Å². The number of nitrogens with one attached hydrogen (secondary N) is 2. The van der Waals surface area contributed by atoms with Gasteiger partial charge in [-0.05, 0) is 18.2 Å². The molecule has 0 aliphatic rings. The van der Waals surface area contributed by atoms with Crippen LogP contribution in [0.4, 0.5) is 13.2 Å². The molecule has 0 spiro atoms. The summed E-state index contributed by atoms with van der Waals surface area (Å²) >= 11 is 1.02. The maximum atomic E-state index is 12.6. The van der Waals surface area contributed by atoms with E-state index in [1.54, 1.807) is 0 Å². The Labute approximate surface area is 144 Å². The van der Waals surface area contributed by atoms with Crippen molar-refractivity contribution in [2.75, 3.05) is 12.8 Å². The Hall–Kier alpha value is -2.56. The van der Waals surface area contributed by atoms with Crippen LogP contribution in [0.15, 0.2) is 33.9 Å². The van der Waals surface area contributed by atoms with Crippen LogP contribution in [0.2, 0.25) is 0 Å². The number of carbonyl (C=O) groups excluding carboxylic acids is 2. The first-order valence-corrected chi connectivity index (χ1v) is 7.89. The molecule has 2 amide bonds. The van der Waals surface area contributed by atoms with Crippen LogP contribution in [0.5, 0.6) is 0 Å². The molecule has 0 fully saturated rings. The van der Waals surface area contributed by atoms with Crippen LogP contribution < -0.4 is 10.6 Å². The third-order valence-corrected chi connectivity index (χ3v) is 3.72. The molecule has 134 valence electrons. The Balaban J connectivity index is 1.92. The summed E-state index contributed by atoms with van der Waals surface area (Å²) in [5.74, 6) is -0.763. The maximum absolute atomic E-state index is 12.6. The van der Waals surface area contributed by atoms with Crippen molar-refractivity contribution in [2.45, 2.75) is 17.9 Å². The van der Waals surface area contributed by atoms with Crippen LogP contribution in [0, 0.1) is 0 Å². The first kappa shape index (κ1) is 18.8. The van der Waals surface area contributed by atoms with Crippen molar-refractivity contribution in [3.05, 3.63) is 41.3 Å². The van der Waals surface area contributed by atoms with Crippen LogP contribution in [-0.2, 0) is 17.5 Å². The zero-order valence-corrected chi connectivity index (χ0v) is 13.7. The fourth-order valence-electron chi connectivity index (χ4n) is 1.66. The summed E-state index contributed by atoms with van der Waals surface area (Å²) in [7, 11) is 1.49. The second kappa shape index (κ2) is 8.01. The predicted octanol–water partition coefficient (Wildman–Crippen LogP) is 1.86. The summed E-state index contributed by atoms with van der Waals surface area (Å²) in [6.45, 7) is -0.150. The Morgan fingerprint density at radius 3 is 2.72 bits per heavy atom.